The predicted molar refractivity (Wildman–Crippen MR) is 70.2 cm³/mol. The molecule has 1 aliphatic heterocycles. The average Bonchev–Trinajstić information content (AvgIpc) is 2.33. The van der Waals surface area contributed by atoms with E-state index in [2.05, 4.69) is 15.9 Å². The zero-order valence-corrected chi connectivity index (χ0v) is 11.5. The summed E-state index contributed by atoms with van der Waals surface area (Å²) in [6, 6.07) is 4.83. The van der Waals surface area contributed by atoms with E-state index in [9.17, 15) is 10.1 Å². The third-order valence-corrected chi connectivity index (χ3v) is 4.69. The van der Waals surface area contributed by atoms with Gasteiger partial charge in [-0.25, -0.2) is 0 Å². The lowest BCUT2D eigenvalue weighted by Gasteiger charge is -2.22. The fraction of sp³-hybridized carbons (Fsp3) is 0.455. The fourth-order valence-corrected chi connectivity index (χ4v) is 3.34. The lowest BCUT2D eigenvalue weighted by atomic mass is 10.2. The molecule has 0 spiro atoms. The van der Waals surface area contributed by atoms with E-state index in [1.165, 1.54) is 18.6 Å². The molecule has 17 heavy (non-hydrogen) atoms. The molecule has 6 heteroatoms. The minimum absolute atomic E-state index is 0.103. The number of nitrogens with zero attached hydrogens (tertiary/aromatic N) is 1. The standard InChI is InChI=1S/C11H12BrNO3S/c12-9-7-8(13(14)15)4-5-10(9)17-11-3-1-2-6-16-11/h4-5,7,11H,1-3,6H2. The Hall–Kier alpha value is -0.590. The zero-order valence-electron chi connectivity index (χ0n) is 9.10. The second kappa shape index (κ2) is 5.84. The van der Waals surface area contributed by atoms with E-state index < -0.39 is 4.92 Å². The van der Waals surface area contributed by atoms with Crippen molar-refractivity contribution in [3.05, 3.63) is 32.8 Å². The molecule has 1 aliphatic rings. The SMILES string of the molecule is O=[N+]([O-])c1ccc(SC2CCCCO2)c(Br)c1. The van der Waals surface area contributed by atoms with Gasteiger partial charge in [0.15, 0.2) is 0 Å². The number of non-ortho nitro benzene ring substituents is 1. The molecule has 1 aromatic rings. The van der Waals surface area contributed by atoms with Crippen LogP contribution in [0.25, 0.3) is 0 Å². The van der Waals surface area contributed by atoms with Crippen molar-refractivity contribution in [2.75, 3.05) is 6.61 Å². The number of thioether (sulfide) groups is 1. The molecule has 0 amide bonds. The van der Waals surface area contributed by atoms with Crippen molar-refractivity contribution in [1.29, 1.82) is 0 Å². The molecule has 2 rings (SSSR count). The topological polar surface area (TPSA) is 52.4 Å². The van der Waals surface area contributed by atoms with Gasteiger partial charge in [0.25, 0.3) is 5.69 Å². The van der Waals surface area contributed by atoms with Crippen LogP contribution in [0.4, 0.5) is 5.69 Å². The summed E-state index contributed by atoms with van der Waals surface area (Å²) in [4.78, 5) is 11.2. The van der Waals surface area contributed by atoms with Crippen molar-refractivity contribution in [1.82, 2.24) is 0 Å². The molecule has 1 saturated heterocycles. The first kappa shape index (κ1) is 12.9. The van der Waals surface area contributed by atoms with Gasteiger partial charge in [-0.15, -0.1) is 0 Å². The largest absolute Gasteiger partial charge is 0.367 e. The highest BCUT2D eigenvalue weighted by atomic mass is 79.9. The summed E-state index contributed by atoms with van der Waals surface area (Å²) in [6.07, 6.45) is 3.34. The van der Waals surface area contributed by atoms with Crippen LogP contribution >= 0.6 is 27.7 Å². The van der Waals surface area contributed by atoms with Crippen molar-refractivity contribution < 1.29 is 9.66 Å². The Morgan fingerprint density at radius 1 is 1.47 bits per heavy atom. The molecular formula is C11H12BrNO3S. The second-order valence-corrected chi connectivity index (χ2v) is 5.84. The van der Waals surface area contributed by atoms with Gasteiger partial charge in [-0.1, -0.05) is 11.8 Å². The highest BCUT2D eigenvalue weighted by Gasteiger charge is 2.17. The van der Waals surface area contributed by atoms with Gasteiger partial charge in [0.1, 0.15) is 5.44 Å². The summed E-state index contributed by atoms with van der Waals surface area (Å²) in [5, 5.41) is 10.6. The number of benzene rings is 1. The number of hydrogen-bond donors (Lipinski definition) is 0. The van der Waals surface area contributed by atoms with E-state index in [-0.39, 0.29) is 11.1 Å². The van der Waals surface area contributed by atoms with Crippen molar-refractivity contribution in [2.24, 2.45) is 0 Å². The molecule has 0 aromatic heterocycles. The maximum absolute atomic E-state index is 10.6. The van der Waals surface area contributed by atoms with Crippen molar-refractivity contribution >= 4 is 33.4 Å². The lowest BCUT2D eigenvalue weighted by Crippen LogP contribution is -2.15. The Morgan fingerprint density at radius 2 is 2.29 bits per heavy atom. The van der Waals surface area contributed by atoms with Crippen LogP contribution in [0.1, 0.15) is 19.3 Å². The zero-order chi connectivity index (χ0) is 12.3. The fourth-order valence-electron chi connectivity index (χ4n) is 1.64. The molecule has 1 unspecified atom stereocenters. The monoisotopic (exact) mass is 317 g/mol. The molecule has 1 fully saturated rings. The first-order valence-electron chi connectivity index (χ1n) is 5.39. The maximum atomic E-state index is 10.6. The molecule has 0 aliphatic carbocycles. The van der Waals surface area contributed by atoms with E-state index in [1.807, 2.05) is 0 Å². The summed E-state index contributed by atoms with van der Waals surface area (Å²) in [6.45, 7) is 0.808. The summed E-state index contributed by atoms with van der Waals surface area (Å²) < 4.78 is 6.38. The highest BCUT2D eigenvalue weighted by Crippen LogP contribution is 2.36. The Labute approximate surface area is 112 Å². The quantitative estimate of drug-likeness (QED) is 0.625. The van der Waals surface area contributed by atoms with Crippen LogP contribution in [0, 0.1) is 10.1 Å². The van der Waals surface area contributed by atoms with Crippen molar-refractivity contribution in [2.45, 2.75) is 29.6 Å². The highest BCUT2D eigenvalue weighted by molar-refractivity contribution is 9.10. The van der Waals surface area contributed by atoms with Crippen LogP contribution in [0.5, 0.6) is 0 Å². The van der Waals surface area contributed by atoms with Gasteiger partial charge >= 0.3 is 0 Å². The third kappa shape index (κ3) is 3.43. The molecule has 1 atom stereocenters. The smallest absolute Gasteiger partial charge is 0.270 e. The molecular weight excluding hydrogens is 306 g/mol. The van der Waals surface area contributed by atoms with Crippen LogP contribution in [-0.2, 0) is 4.74 Å². The van der Waals surface area contributed by atoms with E-state index in [4.69, 9.17) is 4.74 Å². The minimum atomic E-state index is -0.393. The van der Waals surface area contributed by atoms with Gasteiger partial charge in [-0.3, -0.25) is 10.1 Å². The Kier molecular flexibility index (Phi) is 4.42. The van der Waals surface area contributed by atoms with Gasteiger partial charge in [0.05, 0.1) is 4.92 Å². The average molecular weight is 318 g/mol. The van der Waals surface area contributed by atoms with Gasteiger partial charge in [0, 0.05) is 28.1 Å². The lowest BCUT2D eigenvalue weighted by molar-refractivity contribution is -0.385. The van der Waals surface area contributed by atoms with E-state index in [0.717, 1.165) is 28.8 Å². The van der Waals surface area contributed by atoms with E-state index in [1.54, 1.807) is 17.8 Å². The Morgan fingerprint density at radius 3 is 2.88 bits per heavy atom. The number of halogens is 1. The normalized spacial score (nSPS) is 20.2. The second-order valence-electron chi connectivity index (χ2n) is 3.79. The number of nitro benzene ring substituents is 1. The van der Waals surface area contributed by atoms with Crippen LogP contribution in [-0.4, -0.2) is 17.0 Å². The van der Waals surface area contributed by atoms with Crippen LogP contribution in [0.3, 0.4) is 0 Å². The molecule has 1 aromatic carbocycles. The van der Waals surface area contributed by atoms with E-state index in [0.29, 0.717) is 0 Å². The first-order valence-corrected chi connectivity index (χ1v) is 7.06. The Balaban J connectivity index is 2.08. The van der Waals surface area contributed by atoms with Gasteiger partial charge in [-0.2, -0.15) is 0 Å². The molecule has 0 radical (unpaired) electrons. The number of rotatable bonds is 3. The number of hydrogen-bond acceptors (Lipinski definition) is 4. The first-order chi connectivity index (χ1) is 8.16. The van der Waals surface area contributed by atoms with Gasteiger partial charge < -0.3 is 4.74 Å². The number of ether oxygens (including phenoxy) is 1. The molecule has 1 heterocycles. The van der Waals surface area contributed by atoms with Crippen LogP contribution < -0.4 is 0 Å². The van der Waals surface area contributed by atoms with Crippen LogP contribution in [0.2, 0.25) is 0 Å². The van der Waals surface area contributed by atoms with Crippen molar-refractivity contribution in [3.63, 3.8) is 0 Å². The summed E-state index contributed by atoms with van der Waals surface area (Å²) in [5.74, 6) is 0. The Bertz CT molecular complexity index is 421. The number of nitro groups is 1. The molecule has 4 nitrogen and oxygen atoms in total. The molecule has 92 valence electrons. The van der Waals surface area contributed by atoms with Crippen LogP contribution in [0.15, 0.2) is 27.6 Å². The minimum Gasteiger partial charge on any atom is -0.367 e. The molecule has 0 saturated carbocycles. The van der Waals surface area contributed by atoms with E-state index >= 15 is 0 Å². The predicted octanol–water partition coefficient (Wildman–Crippen LogP) is 3.98. The maximum Gasteiger partial charge on any atom is 0.270 e. The molecule has 0 bridgehead atoms. The van der Waals surface area contributed by atoms with Gasteiger partial charge in [-0.05, 0) is 41.3 Å². The summed E-state index contributed by atoms with van der Waals surface area (Å²) in [7, 11) is 0. The third-order valence-electron chi connectivity index (χ3n) is 2.52. The van der Waals surface area contributed by atoms with Crippen molar-refractivity contribution in [3.8, 4) is 0 Å². The summed E-state index contributed by atoms with van der Waals surface area (Å²) >= 11 is 4.98. The van der Waals surface area contributed by atoms with Gasteiger partial charge in [0.2, 0.25) is 0 Å². The summed E-state index contributed by atoms with van der Waals surface area (Å²) in [5.41, 5.74) is 0.271. The molecule has 0 N–H and O–H groups in total.